The van der Waals surface area contributed by atoms with Crippen LogP contribution < -0.4 is 5.56 Å². The Labute approximate surface area is 201 Å². The van der Waals surface area contributed by atoms with E-state index in [4.69, 9.17) is 9.97 Å². The van der Waals surface area contributed by atoms with Gasteiger partial charge in [-0.15, -0.1) is 11.3 Å². The molecule has 0 saturated carbocycles. The number of para-hydroxylation sites is 2. The topological polar surface area (TPSA) is 68.1 Å². The normalized spacial score (nSPS) is 12.5. The van der Waals surface area contributed by atoms with Crippen LogP contribution in [0.25, 0.3) is 21.1 Å². The summed E-state index contributed by atoms with van der Waals surface area (Å²) >= 11 is 2.94. The van der Waals surface area contributed by atoms with Crippen molar-refractivity contribution in [1.82, 2.24) is 19.4 Å². The summed E-state index contributed by atoms with van der Waals surface area (Å²) in [6.45, 7) is 6.85. The van der Waals surface area contributed by atoms with Crippen molar-refractivity contribution in [1.29, 1.82) is 0 Å². The molecule has 0 bridgehead atoms. The third-order valence-electron chi connectivity index (χ3n) is 5.72. The lowest BCUT2D eigenvalue weighted by molar-refractivity contribution is -0.128. The second kappa shape index (κ2) is 10.1. The van der Waals surface area contributed by atoms with Gasteiger partial charge in [-0.25, -0.2) is 9.97 Å². The number of amides is 1. The van der Waals surface area contributed by atoms with Crippen LogP contribution in [0, 0.1) is 5.92 Å². The molecule has 0 aliphatic heterocycles. The third-order valence-corrected chi connectivity index (χ3v) is 7.89. The number of hydrogen-bond acceptors (Lipinski definition) is 6. The Bertz CT molecular complexity index is 1310. The van der Waals surface area contributed by atoms with Gasteiger partial charge in [0.1, 0.15) is 5.01 Å². The van der Waals surface area contributed by atoms with Crippen LogP contribution in [0.5, 0.6) is 0 Å². The SMILES string of the molecule is CC(C)CCn1c(SCC(=O)N(C)[C@@H](C)c2nc3ccccc3s2)nc2ccccc2c1=O. The molecular weight excluding hydrogens is 452 g/mol. The van der Waals surface area contributed by atoms with Crippen LogP contribution in [0.1, 0.15) is 38.2 Å². The van der Waals surface area contributed by atoms with Gasteiger partial charge in [-0.3, -0.25) is 14.2 Å². The molecule has 8 heteroatoms. The molecule has 0 saturated heterocycles. The lowest BCUT2D eigenvalue weighted by Gasteiger charge is -2.23. The van der Waals surface area contributed by atoms with E-state index in [1.165, 1.54) is 11.8 Å². The van der Waals surface area contributed by atoms with Crippen LogP contribution in [-0.2, 0) is 11.3 Å². The van der Waals surface area contributed by atoms with Crippen LogP contribution in [0.15, 0.2) is 58.5 Å². The lowest BCUT2D eigenvalue weighted by Crippen LogP contribution is -2.31. The number of carbonyl (C=O) groups excluding carboxylic acids is 1. The minimum absolute atomic E-state index is 0.0235. The average Bonchev–Trinajstić information content (AvgIpc) is 3.25. The van der Waals surface area contributed by atoms with Crippen molar-refractivity contribution in [2.24, 2.45) is 5.92 Å². The van der Waals surface area contributed by atoms with E-state index in [1.807, 2.05) is 55.5 Å². The molecule has 0 N–H and O–H groups in total. The molecule has 2 aromatic carbocycles. The Morgan fingerprint density at radius 1 is 1.06 bits per heavy atom. The highest BCUT2D eigenvalue weighted by molar-refractivity contribution is 7.99. The van der Waals surface area contributed by atoms with Gasteiger partial charge in [0, 0.05) is 13.6 Å². The highest BCUT2D eigenvalue weighted by atomic mass is 32.2. The molecule has 0 unspecified atom stereocenters. The molecule has 2 heterocycles. The standard InChI is InChI=1S/C25H28N4O2S2/c1-16(2)13-14-29-24(31)18-9-5-6-10-19(18)27-25(29)32-15-22(30)28(4)17(3)23-26-20-11-7-8-12-21(20)33-23/h5-12,16-17H,13-15H2,1-4H3/t17-/m0/s1. The molecule has 0 radical (unpaired) electrons. The van der Waals surface area contributed by atoms with Crippen LogP contribution in [0.2, 0.25) is 0 Å². The lowest BCUT2D eigenvalue weighted by atomic mass is 10.1. The van der Waals surface area contributed by atoms with Gasteiger partial charge in [0.05, 0.1) is 32.9 Å². The first-order chi connectivity index (χ1) is 15.8. The number of carbonyl (C=O) groups is 1. The van der Waals surface area contributed by atoms with Crippen molar-refractivity contribution < 1.29 is 4.79 Å². The molecule has 4 aromatic rings. The number of fused-ring (bicyclic) bond motifs is 2. The predicted octanol–water partition coefficient (Wildman–Crippen LogP) is 5.36. The summed E-state index contributed by atoms with van der Waals surface area (Å²) in [5, 5.41) is 2.11. The van der Waals surface area contributed by atoms with E-state index < -0.39 is 0 Å². The summed E-state index contributed by atoms with van der Waals surface area (Å²) in [7, 11) is 1.80. The summed E-state index contributed by atoms with van der Waals surface area (Å²) in [6, 6.07) is 15.2. The summed E-state index contributed by atoms with van der Waals surface area (Å²) in [4.78, 5) is 37.3. The van der Waals surface area contributed by atoms with Crippen LogP contribution >= 0.6 is 23.1 Å². The van der Waals surface area contributed by atoms with E-state index in [-0.39, 0.29) is 23.3 Å². The van der Waals surface area contributed by atoms with Crippen molar-refractivity contribution in [3.05, 3.63) is 63.9 Å². The fourth-order valence-electron chi connectivity index (χ4n) is 3.52. The maximum absolute atomic E-state index is 13.1. The summed E-state index contributed by atoms with van der Waals surface area (Å²) in [5.74, 6) is 0.645. The summed E-state index contributed by atoms with van der Waals surface area (Å²) in [5.41, 5.74) is 1.57. The first-order valence-corrected chi connectivity index (χ1v) is 12.9. The average molecular weight is 481 g/mol. The number of benzene rings is 2. The second-order valence-corrected chi connectivity index (χ2v) is 10.5. The minimum Gasteiger partial charge on any atom is -0.336 e. The number of aromatic nitrogens is 3. The Morgan fingerprint density at radius 2 is 1.76 bits per heavy atom. The van der Waals surface area contributed by atoms with Crippen molar-refractivity contribution >= 4 is 50.1 Å². The molecule has 33 heavy (non-hydrogen) atoms. The van der Waals surface area contributed by atoms with Crippen molar-refractivity contribution in [2.75, 3.05) is 12.8 Å². The number of thiazole rings is 1. The molecule has 2 aromatic heterocycles. The number of nitrogens with zero attached hydrogens (tertiary/aromatic N) is 4. The highest BCUT2D eigenvalue weighted by Gasteiger charge is 2.22. The van der Waals surface area contributed by atoms with Crippen LogP contribution in [0.3, 0.4) is 0 Å². The summed E-state index contributed by atoms with van der Waals surface area (Å²) in [6.07, 6.45) is 0.871. The summed E-state index contributed by atoms with van der Waals surface area (Å²) < 4.78 is 2.83. The molecule has 4 rings (SSSR count). The van der Waals surface area contributed by atoms with Crippen molar-refractivity contribution in [3.8, 4) is 0 Å². The van der Waals surface area contributed by atoms with Gasteiger partial charge in [-0.2, -0.15) is 0 Å². The van der Waals surface area contributed by atoms with Gasteiger partial charge in [0.25, 0.3) is 5.56 Å². The zero-order chi connectivity index (χ0) is 23.5. The van der Waals surface area contributed by atoms with E-state index in [0.29, 0.717) is 28.5 Å². The smallest absolute Gasteiger partial charge is 0.262 e. The molecule has 0 aliphatic carbocycles. The molecule has 172 valence electrons. The highest BCUT2D eigenvalue weighted by Crippen LogP contribution is 2.29. The predicted molar refractivity (Wildman–Crippen MR) is 137 cm³/mol. The first-order valence-electron chi connectivity index (χ1n) is 11.1. The van der Waals surface area contributed by atoms with Gasteiger partial charge < -0.3 is 4.90 Å². The van der Waals surface area contributed by atoms with Crippen LogP contribution in [-0.4, -0.2) is 38.1 Å². The monoisotopic (exact) mass is 480 g/mol. The minimum atomic E-state index is -0.136. The molecule has 0 aliphatic rings. The zero-order valence-electron chi connectivity index (χ0n) is 19.3. The van der Waals surface area contributed by atoms with Crippen molar-refractivity contribution in [2.45, 2.75) is 44.9 Å². The Kier molecular flexibility index (Phi) is 7.14. The van der Waals surface area contributed by atoms with Gasteiger partial charge in [0.2, 0.25) is 5.91 Å². The van der Waals surface area contributed by atoms with E-state index in [2.05, 4.69) is 13.8 Å². The molecule has 6 nitrogen and oxygen atoms in total. The number of rotatable bonds is 8. The quantitative estimate of drug-likeness (QED) is 0.251. The van der Waals surface area contributed by atoms with E-state index in [9.17, 15) is 9.59 Å². The first kappa shape index (κ1) is 23.4. The molecular formula is C25H28N4O2S2. The molecule has 0 fully saturated rings. The van der Waals surface area contributed by atoms with Gasteiger partial charge >= 0.3 is 0 Å². The fraction of sp³-hybridized carbons (Fsp3) is 0.360. The Hall–Kier alpha value is -2.71. The van der Waals surface area contributed by atoms with Crippen LogP contribution in [0.4, 0.5) is 0 Å². The zero-order valence-corrected chi connectivity index (χ0v) is 20.9. The fourth-order valence-corrected chi connectivity index (χ4v) is 5.53. The maximum Gasteiger partial charge on any atom is 0.262 e. The molecule has 1 amide bonds. The maximum atomic E-state index is 13.1. The molecule has 0 spiro atoms. The Balaban J connectivity index is 1.53. The largest absolute Gasteiger partial charge is 0.336 e. The second-order valence-electron chi connectivity index (χ2n) is 8.54. The third kappa shape index (κ3) is 5.12. The van der Waals surface area contributed by atoms with E-state index >= 15 is 0 Å². The molecule has 1 atom stereocenters. The van der Waals surface area contributed by atoms with Gasteiger partial charge in [0.15, 0.2) is 5.16 Å². The van der Waals surface area contributed by atoms with Gasteiger partial charge in [-0.05, 0) is 43.5 Å². The van der Waals surface area contributed by atoms with E-state index in [1.54, 1.807) is 27.9 Å². The van der Waals surface area contributed by atoms with E-state index in [0.717, 1.165) is 21.6 Å². The van der Waals surface area contributed by atoms with Crippen molar-refractivity contribution in [3.63, 3.8) is 0 Å². The number of hydrogen-bond donors (Lipinski definition) is 0. The van der Waals surface area contributed by atoms with Gasteiger partial charge in [-0.1, -0.05) is 49.9 Å². The number of thioether (sulfide) groups is 1. The Morgan fingerprint density at radius 3 is 2.48 bits per heavy atom.